The van der Waals surface area contributed by atoms with E-state index >= 15 is 0 Å². The first-order valence-corrected chi connectivity index (χ1v) is 7.65. The van der Waals surface area contributed by atoms with Crippen LogP contribution in [0.25, 0.3) is 0 Å². The number of benzene rings is 1. The summed E-state index contributed by atoms with van der Waals surface area (Å²) in [6, 6.07) is 7.54. The number of nitrogens with one attached hydrogen (secondary N) is 1. The van der Waals surface area contributed by atoms with Gasteiger partial charge in [-0.2, -0.15) is 5.10 Å². The van der Waals surface area contributed by atoms with Crippen LogP contribution < -0.4 is 5.32 Å². The predicted molar refractivity (Wildman–Crippen MR) is 83.8 cm³/mol. The van der Waals surface area contributed by atoms with Crippen LogP contribution in [0.15, 0.2) is 30.5 Å². The molecule has 1 aliphatic carbocycles. The molecule has 1 aliphatic rings. The Bertz CT molecular complexity index is 647. The molecule has 0 aliphatic heterocycles. The van der Waals surface area contributed by atoms with Gasteiger partial charge in [0.05, 0.1) is 6.54 Å². The van der Waals surface area contributed by atoms with Gasteiger partial charge in [-0.1, -0.05) is 41.8 Å². The van der Waals surface area contributed by atoms with Crippen molar-refractivity contribution in [2.75, 3.05) is 5.32 Å². The van der Waals surface area contributed by atoms with Crippen LogP contribution in [-0.2, 0) is 11.3 Å². The van der Waals surface area contributed by atoms with Crippen molar-refractivity contribution >= 4 is 34.9 Å². The molecule has 1 aromatic heterocycles. The summed E-state index contributed by atoms with van der Waals surface area (Å²) in [7, 11) is 0. The lowest BCUT2D eigenvalue weighted by Gasteiger charge is -2.23. The minimum Gasteiger partial charge on any atom is -0.308 e. The molecular formula is C15H15Cl2N3O. The van der Waals surface area contributed by atoms with Gasteiger partial charge >= 0.3 is 0 Å². The molecule has 1 amide bonds. The van der Waals surface area contributed by atoms with Crippen molar-refractivity contribution in [2.24, 2.45) is 5.92 Å². The molecule has 110 valence electrons. The maximum Gasteiger partial charge on any atom is 0.228 e. The summed E-state index contributed by atoms with van der Waals surface area (Å²) in [5.74, 6) is 0.560. The molecular weight excluding hydrogens is 309 g/mol. The molecule has 0 atom stereocenters. The summed E-state index contributed by atoms with van der Waals surface area (Å²) in [6.45, 7) is 0.580. The fourth-order valence-corrected chi connectivity index (χ4v) is 2.55. The fraction of sp³-hybridized carbons (Fsp3) is 0.333. The molecule has 1 saturated carbocycles. The van der Waals surface area contributed by atoms with E-state index in [1.54, 1.807) is 10.9 Å². The van der Waals surface area contributed by atoms with Gasteiger partial charge in [-0.05, 0) is 30.5 Å². The highest BCUT2D eigenvalue weighted by Crippen LogP contribution is 2.28. The molecule has 1 heterocycles. The van der Waals surface area contributed by atoms with Crippen LogP contribution in [0.2, 0.25) is 10.0 Å². The van der Waals surface area contributed by atoms with Crippen molar-refractivity contribution < 1.29 is 4.79 Å². The van der Waals surface area contributed by atoms with Crippen LogP contribution in [0, 0.1) is 5.92 Å². The molecule has 3 rings (SSSR count). The number of carbonyl (C=O) groups is 1. The maximum atomic E-state index is 11.9. The van der Waals surface area contributed by atoms with E-state index < -0.39 is 0 Å². The molecule has 1 fully saturated rings. The Morgan fingerprint density at radius 1 is 1.29 bits per heavy atom. The molecule has 21 heavy (non-hydrogen) atoms. The van der Waals surface area contributed by atoms with E-state index in [1.807, 2.05) is 24.3 Å². The minimum atomic E-state index is 0.0138. The summed E-state index contributed by atoms with van der Waals surface area (Å²) < 4.78 is 1.71. The number of hydrogen-bond donors (Lipinski definition) is 1. The van der Waals surface area contributed by atoms with Crippen molar-refractivity contribution in [3.63, 3.8) is 0 Å². The summed E-state index contributed by atoms with van der Waals surface area (Å²) >= 11 is 12.0. The standard InChI is InChI=1S/C15H15Cl2N3O/c16-12-6-4-10(5-7-12)8-20-9-13(17)14(19-20)18-15(21)11-2-1-3-11/h4-7,9,11H,1-3,8H2,(H,18,19,21). The van der Waals surface area contributed by atoms with Crippen LogP contribution in [-0.4, -0.2) is 15.7 Å². The maximum absolute atomic E-state index is 11.9. The molecule has 4 nitrogen and oxygen atoms in total. The average Bonchev–Trinajstić information content (AvgIpc) is 2.70. The fourth-order valence-electron chi connectivity index (χ4n) is 2.23. The molecule has 6 heteroatoms. The molecule has 0 unspecified atom stereocenters. The first kappa shape index (κ1) is 14.4. The van der Waals surface area contributed by atoms with Gasteiger partial charge in [0.1, 0.15) is 5.02 Å². The zero-order chi connectivity index (χ0) is 14.8. The Labute approximate surface area is 133 Å². The van der Waals surface area contributed by atoms with E-state index in [-0.39, 0.29) is 11.8 Å². The van der Waals surface area contributed by atoms with E-state index in [0.29, 0.717) is 22.4 Å². The van der Waals surface area contributed by atoms with Crippen molar-refractivity contribution in [1.82, 2.24) is 9.78 Å². The monoisotopic (exact) mass is 323 g/mol. The Hall–Kier alpha value is -1.52. The van der Waals surface area contributed by atoms with Gasteiger partial charge in [0.15, 0.2) is 5.82 Å². The normalized spacial score (nSPS) is 14.8. The predicted octanol–water partition coefficient (Wildman–Crippen LogP) is 3.98. The van der Waals surface area contributed by atoms with Gasteiger partial charge in [-0.15, -0.1) is 0 Å². The molecule has 0 saturated heterocycles. The highest BCUT2D eigenvalue weighted by molar-refractivity contribution is 6.33. The Morgan fingerprint density at radius 3 is 2.62 bits per heavy atom. The lowest BCUT2D eigenvalue weighted by atomic mass is 9.85. The number of carbonyl (C=O) groups excluding carboxylic acids is 1. The van der Waals surface area contributed by atoms with E-state index in [9.17, 15) is 4.79 Å². The third kappa shape index (κ3) is 3.39. The van der Waals surface area contributed by atoms with E-state index in [1.165, 1.54) is 0 Å². The SMILES string of the molecule is O=C(Nc1nn(Cc2ccc(Cl)cc2)cc1Cl)C1CCC1. The third-order valence-electron chi connectivity index (χ3n) is 3.69. The number of halogens is 2. The number of hydrogen-bond acceptors (Lipinski definition) is 2. The van der Waals surface area contributed by atoms with Gasteiger partial charge in [-0.3, -0.25) is 9.48 Å². The van der Waals surface area contributed by atoms with Crippen LogP contribution in [0.3, 0.4) is 0 Å². The Balaban J connectivity index is 1.68. The number of anilines is 1. The van der Waals surface area contributed by atoms with Gasteiger partial charge in [-0.25, -0.2) is 0 Å². The van der Waals surface area contributed by atoms with Gasteiger partial charge in [0.2, 0.25) is 5.91 Å². The van der Waals surface area contributed by atoms with E-state index in [2.05, 4.69) is 10.4 Å². The summed E-state index contributed by atoms with van der Waals surface area (Å²) in [5.41, 5.74) is 1.07. The minimum absolute atomic E-state index is 0.0138. The number of nitrogens with zero attached hydrogens (tertiary/aromatic N) is 2. The smallest absolute Gasteiger partial charge is 0.228 e. The highest BCUT2D eigenvalue weighted by atomic mass is 35.5. The molecule has 0 spiro atoms. The third-order valence-corrected chi connectivity index (χ3v) is 4.22. The first-order valence-electron chi connectivity index (χ1n) is 6.90. The number of aromatic nitrogens is 2. The van der Waals surface area contributed by atoms with Gasteiger partial charge in [0, 0.05) is 17.1 Å². The van der Waals surface area contributed by atoms with Crippen molar-refractivity contribution in [3.05, 3.63) is 46.1 Å². The zero-order valence-electron chi connectivity index (χ0n) is 11.4. The van der Waals surface area contributed by atoms with Crippen molar-refractivity contribution in [3.8, 4) is 0 Å². The first-order chi connectivity index (χ1) is 10.1. The van der Waals surface area contributed by atoms with Crippen LogP contribution in [0.4, 0.5) is 5.82 Å². The summed E-state index contributed by atoms with van der Waals surface area (Å²) in [6.07, 6.45) is 4.74. The Kier molecular flexibility index (Phi) is 4.17. The molecule has 0 radical (unpaired) electrons. The average molecular weight is 324 g/mol. The molecule has 1 aromatic carbocycles. The second-order valence-electron chi connectivity index (χ2n) is 5.27. The zero-order valence-corrected chi connectivity index (χ0v) is 12.9. The van der Waals surface area contributed by atoms with Crippen molar-refractivity contribution in [2.45, 2.75) is 25.8 Å². The molecule has 2 aromatic rings. The Morgan fingerprint density at radius 2 is 2.00 bits per heavy atom. The van der Waals surface area contributed by atoms with Gasteiger partial charge in [0.25, 0.3) is 0 Å². The van der Waals surface area contributed by atoms with Crippen LogP contribution in [0.5, 0.6) is 0 Å². The van der Waals surface area contributed by atoms with Crippen LogP contribution in [0.1, 0.15) is 24.8 Å². The second-order valence-corrected chi connectivity index (χ2v) is 6.11. The molecule has 0 bridgehead atoms. The topological polar surface area (TPSA) is 46.9 Å². The number of rotatable bonds is 4. The number of amides is 1. The van der Waals surface area contributed by atoms with E-state index in [4.69, 9.17) is 23.2 Å². The summed E-state index contributed by atoms with van der Waals surface area (Å²) in [4.78, 5) is 11.9. The lowest BCUT2D eigenvalue weighted by molar-refractivity contribution is -0.122. The van der Waals surface area contributed by atoms with Gasteiger partial charge < -0.3 is 5.32 Å². The largest absolute Gasteiger partial charge is 0.308 e. The van der Waals surface area contributed by atoms with Crippen LogP contribution >= 0.6 is 23.2 Å². The second kappa shape index (κ2) is 6.08. The quantitative estimate of drug-likeness (QED) is 0.925. The summed E-state index contributed by atoms with van der Waals surface area (Å²) in [5, 5.41) is 8.29. The lowest BCUT2D eigenvalue weighted by Crippen LogP contribution is -2.28. The highest BCUT2D eigenvalue weighted by Gasteiger charge is 2.26. The van der Waals surface area contributed by atoms with Crippen molar-refractivity contribution in [1.29, 1.82) is 0 Å². The molecule has 1 N–H and O–H groups in total. The van der Waals surface area contributed by atoms with E-state index in [0.717, 1.165) is 24.8 Å².